The maximum absolute atomic E-state index is 13.5. The molecule has 1 aromatic heterocycles. The number of alkyl halides is 3. The summed E-state index contributed by atoms with van der Waals surface area (Å²) in [6.45, 7) is 3.05. The van der Waals surface area contributed by atoms with Crippen molar-refractivity contribution in [2.24, 2.45) is 5.73 Å². The minimum absolute atomic E-state index is 0.0112. The third-order valence-corrected chi connectivity index (χ3v) is 6.83. The van der Waals surface area contributed by atoms with Gasteiger partial charge >= 0.3 is 6.18 Å². The van der Waals surface area contributed by atoms with Crippen LogP contribution in [0.15, 0.2) is 27.9 Å². The van der Waals surface area contributed by atoms with Gasteiger partial charge in [0.25, 0.3) is 0 Å². The van der Waals surface area contributed by atoms with Crippen LogP contribution in [-0.4, -0.2) is 58.3 Å². The number of halogens is 4. The first-order valence-electron chi connectivity index (χ1n) is 9.89. The van der Waals surface area contributed by atoms with Crippen LogP contribution in [0.5, 0.6) is 0 Å². The summed E-state index contributed by atoms with van der Waals surface area (Å²) in [5.74, 6) is -2.03. The minimum Gasteiger partial charge on any atom is -0.374 e. The number of aromatic nitrogens is 1. The molecule has 0 bridgehead atoms. The topological polar surface area (TPSA) is 88.8 Å². The number of carbonyl (C=O) groups excluding carboxylic acids is 2. The molecule has 2 N–H and O–H groups in total. The third kappa shape index (κ3) is 7.39. The molecule has 2 amide bonds. The monoisotopic (exact) mass is 506 g/mol. The Labute approximate surface area is 196 Å². The summed E-state index contributed by atoms with van der Waals surface area (Å²) in [5, 5.41) is 1.70. The molecule has 1 aliphatic heterocycles. The molecule has 1 atom stereocenters. The van der Waals surface area contributed by atoms with Crippen LogP contribution in [0.3, 0.4) is 0 Å². The summed E-state index contributed by atoms with van der Waals surface area (Å²) in [6.07, 6.45) is -5.13. The molecule has 13 heteroatoms. The van der Waals surface area contributed by atoms with Crippen molar-refractivity contribution in [2.45, 2.75) is 36.5 Å². The lowest BCUT2D eigenvalue weighted by molar-refractivity contribution is -0.140. The van der Waals surface area contributed by atoms with Crippen molar-refractivity contribution in [2.75, 3.05) is 26.2 Å². The van der Waals surface area contributed by atoms with Gasteiger partial charge in [-0.1, -0.05) is 6.07 Å². The number of hydrogen-bond donors (Lipinski definition) is 1. The number of carbonyl (C=O) groups is 2. The molecule has 2 aromatic rings. The average Bonchev–Trinajstić information content (AvgIpc) is 3.14. The predicted molar refractivity (Wildman–Crippen MR) is 115 cm³/mol. The molecule has 0 unspecified atom stereocenters. The summed E-state index contributed by atoms with van der Waals surface area (Å²) in [4.78, 5) is 29.4. The molecule has 2 heterocycles. The van der Waals surface area contributed by atoms with Gasteiger partial charge in [-0.3, -0.25) is 18.8 Å². The second-order valence-corrected chi connectivity index (χ2v) is 9.59. The highest BCUT2D eigenvalue weighted by Gasteiger charge is 2.34. The van der Waals surface area contributed by atoms with Gasteiger partial charge in [0.1, 0.15) is 5.82 Å². The molecular formula is C20H22F4N4O3S2. The lowest BCUT2D eigenvalue weighted by Crippen LogP contribution is -2.46. The van der Waals surface area contributed by atoms with Gasteiger partial charge in [-0.05, 0) is 17.7 Å². The van der Waals surface area contributed by atoms with Crippen molar-refractivity contribution in [1.82, 2.24) is 14.2 Å². The zero-order valence-electron chi connectivity index (χ0n) is 17.6. The molecule has 0 saturated carbocycles. The van der Waals surface area contributed by atoms with Crippen LogP contribution in [0.2, 0.25) is 0 Å². The van der Waals surface area contributed by atoms with Crippen molar-refractivity contribution in [3.63, 3.8) is 0 Å². The number of primary amides is 1. The van der Waals surface area contributed by atoms with Crippen LogP contribution in [0, 0.1) is 5.82 Å². The molecule has 7 nitrogen and oxygen atoms in total. The highest BCUT2D eigenvalue weighted by Crippen LogP contribution is 2.32. The summed E-state index contributed by atoms with van der Waals surface area (Å²) < 4.78 is 60.3. The fourth-order valence-electron chi connectivity index (χ4n) is 3.28. The largest absolute Gasteiger partial charge is 0.419 e. The van der Waals surface area contributed by atoms with E-state index in [0.29, 0.717) is 35.3 Å². The van der Waals surface area contributed by atoms with Gasteiger partial charge in [-0.15, -0.1) is 11.3 Å². The number of morpholine rings is 1. The van der Waals surface area contributed by atoms with Gasteiger partial charge in [0.2, 0.25) is 11.8 Å². The maximum atomic E-state index is 13.5. The summed E-state index contributed by atoms with van der Waals surface area (Å²) >= 11 is 2.41. The lowest BCUT2D eigenvalue weighted by atomic mass is 10.1. The molecule has 0 spiro atoms. The van der Waals surface area contributed by atoms with Gasteiger partial charge in [0.15, 0.2) is 4.34 Å². The predicted octanol–water partition coefficient (Wildman–Crippen LogP) is 3.09. The van der Waals surface area contributed by atoms with Gasteiger partial charge in [-0.2, -0.15) is 13.2 Å². The van der Waals surface area contributed by atoms with E-state index in [-0.39, 0.29) is 31.5 Å². The smallest absolute Gasteiger partial charge is 0.374 e. The molecular weight excluding hydrogens is 484 g/mol. The number of nitrogens with zero attached hydrogens (tertiary/aromatic N) is 3. The van der Waals surface area contributed by atoms with E-state index in [0.717, 1.165) is 24.1 Å². The number of hydrogen-bond acceptors (Lipinski definition) is 7. The molecule has 0 aliphatic carbocycles. The van der Waals surface area contributed by atoms with E-state index in [1.54, 1.807) is 5.38 Å². The van der Waals surface area contributed by atoms with E-state index in [2.05, 4.69) is 4.98 Å². The Morgan fingerprint density at radius 2 is 2.15 bits per heavy atom. The number of benzene rings is 1. The Kier molecular flexibility index (Phi) is 8.32. The highest BCUT2D eigenvalue weighted by molar-refractivity contribution is 7.99. The van der Waals surface area contributed by atoms with Crippen LogP contribution in [0.4, 0.5) is 17.6 Å². The molecule has 1 aliphatic rings. The van der Waals surface area contributed by atoms with E-state index in [1.165, 1.54) is 28.6 Å². The van der Waals surface area contributed by atoms with E-state index in [1.807, 2.05) is 4.90 Å². The Hall–Kier alpha value is -2.22. The quantitative estimate of drug-likeness (QED) is 0.437. The first-order valence-corrected chi connectivity index (χ1v) is 11.5. The maximum Gasteiger partial charge on any atom is 0.419 e. The first kappa shape index (κ1) is 25.4. The van der Waals surface area contributed by atoms with E-state index >= 15 is 0 Å². The number of thiazole rings is 1. The summed E-state index contributed by atoms with van der Waals surface area (Å²) in [6, 6.07) is 2.98. The average molecular weight is 507 g/mol. The van der Waals surface area contributed by atoms with Crippen LogP contribution in [0.25, 0.3) is 0 Å². The van der Waals surface area contributed by atoms with Gasteiger partial charge in [0, 0.05) is 43.9 Å². The van der Waals surface area contributed by atoms with Crippen LogP contribution < -0.4 is 5.73 Å². The molecule has 0 radical (unpaired) electrons. The zero-order chi connectivity index (χ0) is 24.2. The molecule has 1 aromatic carbocycles. The fraction of sp³-hybridized carbons (Fsp3) is 0.450. The second kappa shape index (κ2) is 10.8. The van der Waals surface area contributed by atoms with Crippen LogP contribution in [-0.2, 0) is 33.5 Å². The zero-order valence-corrected chi connectivity index (χ0v) is 19.2. The van der Waals surface area contributed by atoms with E-state index in [9.17, 15) is 27.2 Å². The van der Waals surface area contributed by atoms with Crippen molar-refractivity contribution in [3.8, 4) is 0 Å². The number of nitrogens with two attached hydrogens (primary N) is 1. The van der Waals surface area contributed by atoms with Crippen molar-refractivity contribution in [1.29, 1.82) is 0 Å². The molecule has 1 fully saturated rings. The highest BCUT2D eigenvalue weighted by atomic mass is 32.2. The minimum atomic E-state index is -4.76. The summed E-state index contributed by atoms with van der Waals surface area (Å²) in [5.41, 5.74) is 4.75. The van der Waals surface area contributed by atoms with Crippen LogP contribution >= 0.6 is 23.3 Å². The van der Waals surface area contributed by atoms with Crippen molar-refractivity contribution in [3.05, 3.63) is 46.2 Å². The SMILES string of the molecule is CC(=O)N(C[C@@H]1CN(Cc2ccc(F)c(C(F)(F)F)c2)CCO1)Sc1nc(CC(N)=O)cs1. The molecule has 3 rings (SSSR count). The normalized spacial score (nSPS) is 17.2. The van der Waals surface area contributed by atoms with Crippen molar-refractivity contribution < 1.29 is 31.9 Å². The van der Waals surface area contributed by atoms with Gasteiger partial charge in [0.05, 0.1) is 36.9 Å². The lowest BCUT2D eigenvalue weighted by Gasteiger charge is -2.35. The van der Waals surface area contributed by atoms with Gasteiger partial charge in [-0.25, -0.2) is 9.37 Å². The van der Waals surface area contributed by atoms with Gasteiger partial charge < -0.3 is 10.5 Å². The number of amides is 2. The Morgan fingerprint density at radius 1 is 1.39 bits per heavy atom. The van der Waals surface area contributed by atoms with E-state index in [4.69, 9.17) is 10.5 Å². The molecule has 33 heavy (non-hydrogen) atoms. The van der Waals surface area contributed by atoms with Crippen LogP contribution in [0.1, 0.15) is 23.7 Å². The van der Waals surface area contributed by atoms with Crippen molar-refractivity contribution >= 4 is 35.1 Å². The Bertz CT molecular complexity index is 1000. The molecule has 1 saturated heterocycles. The first-order chi connectivity index (χ1) is 15.5. The number of rotatable bonds is 8. The second-order valence-electron chi connectivity index (χ2n) is 7.46. The molecule has 180 valence electrons. The standard InChI is InChI=1S/C20H22F4N4O3S2/c1-12(29)28(33-19-26-14(11-32-19)7-18(25)30)10-15-9-27(4-5-31-15)8-13-2-3-17(21)16(6-13)20(22,23)24/h2-3,6,11,15H,4-5,7-10H2,1H3,(H2,25,30)/t15-/m0/s1. The summed E-state index contributed by atoms with van der Waals surface area (Å²) in [7, 11) is 0. The number of ether oxygens (including phenoxy) is 1. The Morgan fingerprint density at radius 3 is 2.82 bits per heavy atom. The fourth-order valence-corrected chi connectivity index (χ4v) is 5.13. The van der Waals surface area contributed by atoms with E-state index < -0.39 is 23.5 Å². The Balaban J connectivity index is 1.61. The third-order valence-electron chi connectivity index (χ3n) is 4.76.